The zero-order valence-electron chi connectivity index (χ0n) is 14.7. The number of amides is 1. The second kappa shape index (κ2) is 13.4. The Labute approximate surface area is 135 Å². The first-order chi connectivity index (χ1) is 10.5. The molecular weight excluding hydrogens is 282 g/mol. The fourth-order valence-corrected chi connectivity index (χ4v) is 1.98. The Morgan fingerprint density at radius 2 is 1.55 bits per heavy atom. The monoisotopic (exact) mass is 315 g/mol. The van der Waals surface area contributed by atoms with E-state index in [9.17, 15) is 9.59 Å². The van der Waals surface area contributed by atoms with E-state index in [0.29, 0.717) is 19.6 Å². The van der Waals surface area contributed by atoms with Gasteiger partial charge in [-0.3, -0.25) is 0 Å². The average molecular weight is 315 g/mol. The van der Waals surface area contributed by atoms with E-state index in [4.69, 9.17) is 9.47 Å². The van der Waals surface area contributed by atoms with E-state index in [-0.39, 0.29) is 11.9 Å². The van der Waals surface area contributed by atoms with Gasteiger partial charge in [-0.2, -0.15) is 0 Å². The highest BCUT2D eigenvalue weighted by Gasteiger charge is 2.23. The van der Waals surface area contributed by atoms with Gasteiger partial charge in [-0.15, -0.1) is 0 Å². The molecule has 22 heavy (non-hydrogen) atoms. The predicted molar refractivity (Wildman–Crippen MR) is 87.7 cm³/mol. The van der Waals surface area contributed by atoms with Crippen LogP contribution in [0.15, 0.2) is 0 Å². The van der Waals surface area contributed by atoms with Gasteiger partial charge in [0.2, 0.25) is 0 Å². The minimum atomic E-state index is -0.625. The zero-order chi connectivity index (χ0) is 16.8. The first kappa shape index (κ1) is 20.7. The Morgan fingerprint density at radius 1 is 0.909 bits per heavy atom. The first-order valence-corrected chi connectivity index (χ1v) is 8.61. The highest BCUT2D eigenvalue weighted by Crippen LogP contribution is 2.08. The van der Waals surface area contributed by atoms with E-state index in [2.05, 4.69) is 12.2 Å². The van der Waals surface area contributed by atoms with Crippen LogP contribution in [0, 0.1) is 5.92 Å². The van der Waals surface area contributed by atoms with E-state index in [1.807, 2.05) is 20.8 Å². The van der Waals surface area contributed by atoms with Crippen LogP contribution in [0.25, 0.3) is 0 Å². The second-order valence-electron chi connectivity index (χ2n) is 6.04. The number of carbonyl (C=O) groups is 2. The molecule has 1 unspecified atom stereocenters. The van der Waals surface area contributed by atoms with Crippen molar-refractivity contribution in [2.45, 2.75) is 78.7 Å². The number of hydrogen-bond acceptors (Lipinski definition) is 4. The molecule has 0 saturated heterocycles. The number of ether oxygens (including phenoxy) is 2. The van der Waals surface area contributed by atoms with Gasteiger partial charge in [0.1, 0.15) is 6.04 Å². The molecular formula is C17H33NO4. The summed E-state index contributed by atoms with van der Waals surface area (Å²) >= 11 is 0. The highest BCUT2D eigenvalue weighted by molar-refractivity contribution is 5.81. The number of hydrogen-bond donors (Lipinski definition) is 1. The van der Waals surface area contributed by atoms with E-state index in [1.54, 1.807) is 0 Å². The molecule has 0 rings (SSSR count). The summed E-state index contributed by atoms with van der Waals surface area (Å²) in [5.41, 5.74) is 0. The van der Waals surface area contributed by atoms with Gasteiger partial charge in [0.25, 0.3) is 0 Å². The summed E-state index contributed by atoms with van der Waals surface area (Å²) in [5, 5.41) is 2.62. The van der Waals surface area contributed by atoms with Crippen molar-refractivity contribution in [3.8, 4) is 0 Å². The molecule has 5 heteroatoms. The molecule has 0 saturated carbocycles. The van der Waals surface area contributed by atoms with E-state index in [1.165, 1.54) is 0 Å². The minimum Gasteiger partial charge on any atom is -0.464 e. The molecule has 0 fully saturated rings. The smallest absolute Gasteiger partial charge is 0.407 e. The van der Waals surface area contributed by atoms with Crippen LogP contribution in [0.5, 0.6) is 0 Å². The fourth-order valence-electron chi connectivity index (χ4n) is 1.98. The molecule has 1 atom stereocenters. The molecule has 0 radical (unpaired) electrons. The van der Waals surface area contributed by atoms with Crippen molar-refractivity contribution < 1.29 is 19.1 Å². The Balaban J connectivity index is 4.19. The number of unbranched alkanes of at least 4 members (excludes halogenated alkanes) is 4. The molecule has 0 aromatic carbocycles. The van der Waals surface area contributed by atoms with Crippen LogP contribution in [-0.4, -0.2) is 31.3 Å². The molecule has 1 amide bonds. The third-order valence-corrected chi connectivity index (χ3v) is 3.26. The van der Waals surface area contributed by atoms with Crippen molar-refractivity contribution in [1.29, 1.82) is 0 Å². The second-order valence-corrected chi connectivity index (χ2v) is 6.04. The lowest BCUT2D eigenvalue weighted by molar-refractivity contribution is -0.146. The van der Waals surface area contributed by atoms with Gasteiger partial charge in [-0.25, -0.2) is 9.59 Å². The van der Waals surface area contributed by atoms with Crippen molar-refractivity contribution in [3.05, 3.63) is 0 Å². The maximum absolute atomic E-state index is 12.1. The maximum atomic E-state index is 12.1. The van der Waals surface area contributed by atoms with Crippen molar-refractivity contribution in [2.24, 2.45) is 5.92 Å². The Kier molecular flexibility index (Phi) is 12.6. The van der Waals surface area contributed by atoms with Crippen molar-refractivity contribution in [3.63, 3.8) is 0 Å². The summed E-state index contributed by atoms with van der Waals surface area (Å²) in [7, 11) is 0. The van der Waals surface area contributed by atoms with Gasteiger partial charge in [-0.1, -0.05) is 53.4 Å². The van der Waals surface area contributed by atoms with Gasteiger partial charge in [0, 0.05) is 0 Å². The first-order valence-electron chi connectivity index (χ1n) is 8.61. The summed E-state index contributed by atoms with van der Waals surface area (Å²) in [6.07, 6.45) is 6.02. The minimum absolute atomic E-state index is 0.286. The van der Waals surface area contributed by atoms with E-state index < -0.39 is 12.1 Å². The van der Waals surface area contributed by atoms with Crippen LogP contribution < -0.4 is 5.32 Å². The summed E-state index contributed by atoms with van der Waals surface area (Å²) in [6, 6.07) is -0.625. The van der Waals surface area contributed by atoms with Gasteiger partial charge >= 0.3 is 12.1 Å². The molecule has 0 bridgehead atoms. The number of carbonyl (C=O) groups excluding carboxylic acids is 2. The Morgan fingerprint density at radius 3 is 2.14 bits per heavy atom. The molecule has 0 aliphatic heterocycles. The molecule has 5 nitrogen and oxygen atoms in total. The lowest BCUT2D eigenvalue weighted by Gasteiger charge is -2.19. The van der Waals surface area contributed by atoms with Crippen molar-refractivity contribution in [2.75, 3.05) is 13.2 Å². The maximum Gasteiger partial charge on any atom is 0.407 e. The zero-order valence-corrected chi connectivity index (χ0v) is 14.7. The number of esters is 1. The largest absolute Gasteiger partial charge is 0.464 e. The summed E-state index contributed by atoms with van der Waals surface area (Å²) < 4.78 is 10.3. The fraction of sp³-hybridized carbons (Fsp3) is 0.882. The molecule has 0 aromatic heterocycles. The molecule has 1 N–H and O–H groups in total. The van der Waals surface area contributed by atoms with Gasteiger partial charge in [-0.05, 0) is 25.2 Å². The van der Waals surface area contributed by atoms with Gasteiger partial charge in [0.15, 0.2) is 0 Å². The number of nitrogens with one attached hydrogen (secondary N) is 1. The van der Waals surface area contributed by atoms with Crippen molar-refractivity contribution >= 4 is 12.1 Å². The molecule has 130 valence electrons. The standard InChI is InChI=1S/C17H33NO4/c1-5-7-9-10-12-21-16(19)15(13-14(3)4)18-17(20)22-11-8-6-2/h14-15H,5-13H2,1-4H3,(H,18,20). The third kappa shape index (κ3) is 11.4. The lowest BCUT2D eigenvalue weighted by Crippen LogP contribution is -2.43. The van der Waals surface area contributed by atoms with Gasteiger partial charge in [0.05, 0.1) is 13.2 Å². The Hall–Kier alpha value is -1.26. The molecule has 0 heterocycles. The quantitative estimate of drug-likeness (QED) is 0.436. The molecule has 0 spiro atoms. The average Bonchev–Trinajstić information content (AvgIpc) is 2.46. The molecule has 0 aliphatic carbocycles. The summed E-state index contributed by atoms with van der Waals surface area (Å²) in [6.45, 7) is 8.97. The number of alkyl carbamates (subject to hydrolysis) is 1. The summed E-state index contributed by atoms with van der Waals surface area (Å²) in [4.78, 5) is 23.8. The normalized spacial score (nSPS) is 12.0. The Bertz CT molecular complexity index is 305. The van der Waals surface area contributed by atoms with E-state index >= 15 is 0 Å². The SMILES string of the molecule is CCCCCCOC(=O)C(CC(C)C)NC(=O)OCCCC. The van der Waals surface area contributed by atoms with Gasteiger partial charge < -0.3 is 14.8 Å². The predicted octanol–water partition coefficient (Wildman–Crippen LogP) is 4.05. The third-order valence-electron chi connectivity index (χ3n) is 3.26. The summed E-state index contributed by atoms with van der Waals surface area (Å²) in [5.74, 6) is -0.0776. The van der Waals surface area contributed by atoms with E-state index in [0.717, 1.165) is 38.5 Å². The lowest BCUT2D eigenvalue weighted by atomic mass is 10.0. The highest BCUT2D eigenvalue weighted by atomic mass is 16.6. The van der Waals surface area contributed by atoms with Crippen LogP contribution in [-0.2, 0) is 14.3 Å². The van der Waals surface area contributed by atoms with Crippen LogP contribution in [0.4, 0.5) is 4.79 Å². The number of rotatable bonds is 12. The van der Waals surface area contributed by atoms with Crippen LogP contribution in [0.1, 0.15) is 72.6 Å². The van der Waals surface area contributed by atoms with Crippen LogP contribution >= 0.6 is 0 Å². The molecule has 0 aromatic rings. The molecule has 0 aliphatic rings. The van der Waals surface area contributed by atoms with Crippen LogP contribution in [0.3, 0.4) is 0 Å². The van der Waals surface area contributed by atoms with Crippen LogP contribution in [0.2, 0.25) is 0 Å². The topological polar surface area (TPSA) is 64.6 Å². The van der Waals surface area contributed by atoms with Crippen molar-refractivity contribution in [1.82, 2.24) is 5.32 Å².